The van der Waals surface area contributed by atoms with Crippen molar-refractivity contribution in [2.24, 2.45) is 0 Å². The molecule has 84 valence electrons. The molecule has 3 nitrogen and oxygen atoms in total. The van der Waals surface area contributed by atoms with Crippen molar-refractivity contribution in [1.29, 1.82) is 0 Å². The summed E-state index contributed by atoms with van der Waals surface area (Å²) in [4.78, 5) is 4.19. The molecule has 0 saturated carbocycles. The van der Waals surface area contributed by atoms with Gasteiger partial charge in [-0.2, -0.15) is 0 Å². The van der Waals surface area contributed by atoms with Crippen molar-refractivity contribution in [3.05, 3.63) is 48.0 Å². The van der Waals surface area contributed by atoms with Crippen molar-refractivity contribution in [3.63, 3.8) is 0 Å². The highest BCUT2D eigenvalue weighted by Gasteiger charge is 2.04. The average molecular weight is 216 g/mol. The van der Waals surface area contributed by atoms with Crippen LogP contribution in [0.5, 0.6) is 0 Å². The minimum Gasteiger partial charge on any atom is -0.396 e. The van der Waals surface area contributed by atoms with Crippen LogP contribution < -0.4 is 0 Å². The molecule has 2 aromatic rings. The Bertz CT molecular complexity index is 459. The first-order valence-corrected chi connectivity index (χ1v) is 5.43. The van der Waals surface area contributed by atoms with E-state index in [1.165, 1.54) is 0 Å². The van der Waals surface area contributed by atoms with Crippen LogP contribution in [0.4, 0.5) is 0 Å². The molecule has 3 heteroatoms. The van der Waals surface area contributed by atoms with E-state index in [0.717, 1.165) is 17.1 Å². The smallest absolute Gasteiger partial charge is 0.110 e. The standard InChI is InChI=1S/C13H16N2O/c1-10(9-16)12-3-5-13(6-4-12)15-8-7-14-11(15)2/h3-8,10,16H,9H2,1-2H3. The summed E-state index contributed by atoms with van der Waals surface area (Å²) in [5, 5.41) is 9.07. The maximum Gasteiger partial charge on any atom is 0.110 e. The van der Waals surface area contributed by atoms with Gasteiger partial charge < -0.3 is 9.67 Å². The molecule has 1 unspecified atom stereocenters. The summed E-state index contributed by atoms with van der Waals surface area (Å²) in [6.07, 6.45) is 3.74. The van der Waals surface area contributed by atoms with Gasteiger partial charge in [-0.05, 0) is 24.6 Å². The van der Waals surface area contributed by atoms with E-state index in [1.54, 1.807) is 6.20 Å². The number of aliphatic hydroxyl groups excluding tert-OH is 1. The van der Waals surface area contributed by atoms with Gasteiger partial charge in [0.05, 0.1) is 0 Å². The molecule has 0 fully saturated rings. The van der Waals surface area contributed by atoms with Crippen molar-refractivity contribution >= 4 is 0 Å². The van der Waals surface area contributed by atoms with Gasteiger partial charge in [0.15, 0.2) is 0 Å². The fourth-order valence-corrected chi connectivity index (χ4v) is 1.72. The Labute approximate surface area is 95.4 Å². The predicted octanol–water partition coefficient (Wildman–Crippen LogP) is 2.28. The van der Waals surface area contributed by atoms with E-state index >= 15 is 0 Å². The van der Waals surface area contributed by atoms with Crippen molar-refractivity contribution in [3.8, 4) is 5.69 Å². The van der Waals surface area contributed by atoms with Gasteiger partial charge in [0, 0.05) is 30.6 Å². The molecule has 1 aromatic carbocycles. The lowest BCUT2D eigenvalue weighted by Gasteiger charge is -2.10. The van der Waals surface area contributed by atoms with Crippen molar-refractivity contribution in [1.82, 2.24) is 9.55 Å². The van der Waals surface area contributed by atoms with Gasteiger partial charge in [-0.3, -0.25) is 0 Å². The second kappa shape index (κ2) is 4.49. The highest BCUT2D eigenvalue weighted by molar-refractivity contribution is 5.36. The number of hydrogen-bond acceptors (Lipinski definition) is 2. The van der Waals surface area contributed by atoms with Crippen LogP contribution in [0, 0.1) is 6.92 Å². The summed E-state index contributed by atoms with van der Waals surface area (Å²) in [5.74, 6) is 1.17. The van der Waals surface area contributed by atoms with Crippen molar-refractivity contribution < 1.29 is 5.11 Å². The topological polar surface area (TPSA) is 38.0 Å². The highest BCUT2D eigenvalue weighted by Crippen LogP contribution is 2.17. The molecular weight excluding hydrogens is 200 g/mol. The maximum atomic E-state index is 9.07. The number of nitrogens with zero attached hydrogens (tertiary/aromatic N) is 2. The molecule has 2 rings (SSSR count). The van der Waals surface area contributed by atoms with Gasteiger partial charge in [-0.25, -0.2) is 4.98 Å². The second-order valence-electron chi connectivity index (χ2n) is 4.02. The van der Waals surface area contributed by atoms with Gasteiger partial charge in [-0.1, -0.05) is 19.1 Å². The monoisotopic (exact) mass is 216 g/mol. The molecule has 1 aromatic heterocycles. The number of hydrogen-bond donors (Lipinski definition) is 1. The van der Waals surface area contributed by atoms with Crippen LogP contribution in [0.2, 0.25) is 0 Å². The zero-order chi connectivity index (χ0) is 11.5. The summed E-state index contributed by atoms with van der Waals surface area (Å²) >= 11 is 0. The number of aryl methyl sites for hydroxylation is 1. The number of imidazole rings is 1. The van der Waals surface area contributed by atoms with Crippen molar-refractivity contribution in [2.75, 3.05) is 6.61 Å². The number of aliphatic hydroxyl groups is 1. The van der Waals surface area contributed by atoms with E-state index < -0.39 is 0 Å². The first kappa shape index (κ1) is 10.9. The second-order valence-corrected chi connectivity index (χ2v) is 4.02. The van der Waals surface area contributed by atoms with Gasteiger partial charge in [0.1, 0.15) is 5.82 Å². The largest absolute Gasteiger partial charge is 0.396 e. The maximum absolute atomic E-state index is 9.07. The SMILES string of the molecule is Cc1nccn1-c1ccc(C(C)CO)cc1. The predicted molar refractivity (Wildman–Crippen MR) is 63.8 cm³/mol. The molecule has 0 spiro atoms. The first-order chi connectivity index (χ1) is 7.72. The minimum absolute atomic E-state index is 0.184. The molecule has 1 atom stereocenters. The average Bonchev–Trinajstić information content (AvgIpc) is 2.75. The van der Waals surface area contributed by atoms with E-state index in [4.69, 9.17) is 5.11 Å². The molecule has 1 N–H and O–H groups in total. The highest BCUT2D eigenvalue weighted by atomic mass is 16.3. The summed E-state index contributed by atoms with van der Waals surface area (Å²) in [6.45, 7) is 4.17. The number of benzene rings is 1. The minimum atomic E-state index is 0.184. The van der Waals surface area contributed by atoms with Gasteiger partial charge in [0.2, 0.25) is 0 Å². The molecule has 0 aliphatic rings. The zero-order valence-electron chi connectivity index (χ0n) is 9.59. The molecule has 0 aliphatic carbocycles. The van der Waals surface area contributed by atoms with Gasteiger partial charge in [0.25, 0.3) is 0 Å². The number of rotatable bonds is 3. The van der Waals surface area contributed by atoms with Gasteiger partial charge >= 0.3 is 0 Å². The Morgan fingerprint density at radius 3 is 2.50 bits per heavy atom. The Morgan fingerprint density at radius 1 is 1.31 bits per heavy atom. The summed E-state index contributed by atoms with van der Waals surface area (Å²) < 4.78 is 2.04. The summed E-state index contributed by atoms with van der Waals surface area (Å²) in [5.41, 5.74) is 2.26. The van der Waals surface area contributed by atoms with Crippen LogP contribution in [-0.4, -0.2) is 21.3 Å². The van der Waals surface area contributed by atoms with Crippen molar-refractivity contribution in [2.45, 2.75) is 19.8 Å². The zero-order valence-corrected chi connectivity index (χ0v) is 9.59. The summed E-state index contributed by atoms with van der Waals surface area (Å²) in [7, 11) is 0. The fourth-order valence-electron chi connectivity index (χ4n) is 1.72. The Hall–Kier alpha value is -1.61. The molecule has 0 bridgehead atoms. The Morgan fingerprint density at radius 2 is 2.00 bits per heavy atom. The van der Waals surface area contributed by atoms with E-state index in [1.807, 2.05) is 24.6 Å². The molecule has 1 heterocycles. The van der Waals surface area contributed by atoms with E-state index in [9.17, 15) is 0 Å². The third-order valence-electron chi connectivity index (χ3n) is 2.84. The van der Waals surface area contributed by atoms with Gasteiger partial charge in [-0.15, -0.1) is 0 Å². The van der Waals surface area contributed by atoms with Crippen LogP contribution in [0.15, 0.2) is 36.7 Å². The fraction of sp³-hybridized carbons (Fsp3) is 0.308. The van der Waals surface area contributed by atoms with Crippen LogP contribution in [-0.2, 0) is 0 Å². The molecule has 16 heavy (non-hydrogen) atoms. The lowest BCUT2D eigenvalue weighted by Crippen LogP contribution is -2.00. The van der Waals surface area contributed by atoms with Crippen LogP contribution in [0.1, 0.15) is 24.2 Å². The third kappa shape index (κ3) is 1.99. The van der Waals surface area contributed by atoms with E-state index in [0.29, 0.717) is 0 Å². The third-order valence-corrected chi connectivity index (χ3v) is 2.84. The molecule has 0 aliphatic heterocycles. The quantitative estimate of drug-likeness (QED) is 0.854. The molecule has 0 radical (unpaired) electrons. The van der Waals surface area contributed by atoms with Crippen LogP contribution in [0.25, 0.3) is 5.69 Å². The van der Waals surface area contributed by atoms with E-state index in [-0.39, 0.29) is 12.5 Å². The van der Waals surface area contributed by atoms with Crippen LogP contribution in [0.3, 0.4) is 0 Å². The first-order valence-electron chi connectivity index (χ1n) is 5.43. The Kier molecular flexibility index (Phi) is 3.06. The van der Waals surface area contributed by atoms with Crippen LogP contribution >= 0.6 is 0 Å². The lowest BCUT2D eigenvalue weighted by molar-refractivity contribution is 0.273. The normalized spacial score (nSPS) is 12.7. The van der Waals surface area contributed by atoms with E-state index in [2.05, 4.69) is 29.2 Å². The molecular formula is C13H16N2O. The number of aromatic nitrogens is 2. The lowest BCUT2D eigenvalue weighted by atomic mass is 10.0. The molecule has 0 saturated heterocycles. The molecule has 0 amide bonds. The summed E-state index contributed by atoms with van der Waals surface area (Å²) in [6, 6.07) is 8.21. The Balaban J connectivity index is 2.30.